The summed E-state index contributed by atoms with van der Waals surface area (Å²) in [6.07, 6.45) is 3.31. The fraction of sp³-hybridized carbons (Fsp3) is 0.333. The van der Waals surface area contributed by atoms with Gasteiger partial charge in [-0.3, -0.25) is 4.79 Å². The normalized spacial score (nSPS) is 11.2. The minimum atomic E-state index is -0.365. The van der Waals surface area contributed by atoms with Crippen LogP contribution in [0.4, 0.5) is 5.69 Å². The van der Waals surface area contributed by atoms with Crippen LogP contribution in [-0.4, -0.2) is 24.3 Å². The Bertz CT molecular complexity index is 709. The van der Waals surface area contributed by atoms with Gasteiger partial charge in [0.1, 0.15) is 5.69 Å². The number of anilines is 1. The molecule has 0 spiro atoms. The van der Waals surface area contributed by atoms with Gasteiger partial charge in [-0.1, -0.05) is 5.16 Å². The molecule has 22 heavy (non-hydrogen) atoms. The molecule has 0 aliphatic heterocycles. The monoisotopic (exact) mass is 368 g/mol. The minimum absolute atomic E-state index is 0.0200. The van der Waals surface area contributed by atoms with Gasteiger partial charge in [0, 0.05) is 11.3 Å². The highest BCUT2D eigenvalue weighted by molar-refractivity contribution is 9.10. The van der Waals surface area contributed by atoms with Crippen LogP contribution >= 0.6 is 15.9 Å². The third-order valence-electron chi connectivity index (χ3n) is 2.96. The van der Waals surface area contributed by atoms with E-state index < -0.39 is 0 Å². The van der Waals surface area contributed by atoms with Gasteiger partial charge in [0.05, 0.1) is 35.8 Å². The summed E-state index contributed by atoms with van der Waals surface area (Å²) in [5, 5.41) is 4.65. The number of nitrogens with zero attached hydrogens (tertiary/aromatic N) is 1. The summed E-state index contributed by atoms with van der Waals surface area (Å²) in [5.74, 6) is -0.365. The number of rotatable bonds is 6. The third-order valence-corrected chi connectivity index (χ3v) is 3.55. The quantitative estimate of drug-likeness (QED) is 0.478. The van der Waals surface area contributed by atoms with Crippen molar-refractivity contribution >= 4 is 44.6 Å². The number of ether oxygens (including phenoxy) is 2. The zero-order chi connectivity index (χ0) is 16.1. The third kappa shape index (κ3) is 3.41. The Morgan fingerprint density at radius 1 is 1.45 bits per heavy atom. The molecule has 1 aromatic carbocycles. The molecule has 0 unspecified atom stereocenters. The van der Waals surface area contributed by atoms with E-state index in [1.54, 1.807) is 25.3 Å². The molecular formula is C15H17BrN2O4. The van der Waals surface area contributed by atoms with Gasteiger partial charge in [-0.2, -0.15) is 0 Å². The van der Waals surface area contributed by atoms with Crippen molar-refractivity contribution in [3.8, 4) is 0 Å². The lowest BCUT2D eigenvalue weighted by atomic mass is 10.0. The lowest BCUT2D eigenvalue weighted by Gasteiger charge is -2.05. The molecule has 0 amide bonds. The Balaban J connectivity index is 2.52. The molecule has 0 fully saturated rings. The van der Waals surface area contributed by atoms with Gasteiger partial charge in [-0.05, 0) is 41.9 Å². The second-order valence-corrected chi connectivity index (χ2v) is 5.29. The van der Waals surface area contributed by atoms with Gasteiger partial charge in [0.15, 0.2) is 5.58 Å². The summed E-state index contributed by atoms with van der Waals surface area (Å²) >= 11 is 3.39. The lowest BCUT2D eigenvalue weighted by Crippen LogP contribution is -2.08. The Labute approximate surface area is 136 Å². The molecule has 2 rings (SSSR count). The number of benzene rings is 1. The van der Waals surface area contributed by atoms with Crippen LogP contribution in [-0.2, 0) is 20.7 Å². The maximum Gasteiger partial charge on any atom is 0.312 e. The molecule has 0 aliphatic carbocycles. The molecular weight excluding hydrogens is 352 g/mol. The maximum absolute atomic E-state index is 11.7. The van der Waals surface area contributed by atoms with Crippen LogP contribution in [0.1, 0.15) is 25.1 Å². The van der Waals surface area contributed by atoms with Gasteiger partial charge in [0.2, 0.25) is 0 Å². The standard InChI is InChI=1S/C15H17BrN2O4/c1-3-20-6-5-9-11(17)7-10(16)15-14(9)12(18-22-15)8-13(19)21-4-2/h5-7H,3-4,8,17H2,1-2H3/b6-5+. The first-order valence-electron chi connectivity index (χ1n) is 6.88. The Morgan fingerprint density at radius 3 is 2.91 bits per heavy atom. The largest absolute Gasteiger partial charge is 0.501 e. The van der Waals surface area contributed by atoms with Crippen LogP contribution in [0.15, 0.2) is 21.3 Å². The van der Waals surface area contributed by atoms with E-state index in [1.165, 1.54) is 0 Å². The number of esters is 1. The first-order chi connectivity index (χ1) is 10.6. The summed E-state index contributed by atoms with van der Waals surface area (Å²) in [7, 11) is 0. The van der Waals surface area contributed by atoms with E-state index in [1.807, 2.05) is 6.92 Å². The van der Waals surface area contributed by atoms with E-state index in [2.05, 4.69) is 21.1 Å². The van der Waals surface area contributed by atoms with Crippen LogP contribution in [0.5, 0.6) is 0 Å². The van der Waals surface area contributed by atoms with Crippen molar-refractivity contribution in [2.24, 2.45) is 0 Å². The Kier molecular flexibility index (Phi) is 5.43. The van der Waals surface area contributed by atoms with E-state index in [9.17, 15) is 4.79 Å². The van der Waals surface area contributed by atoms with Gasteiger partial charge in [-0.25, -0.2) is 0 Å². The summed E-state index contributed by atoms with van der Waals surface area (Å²) in [6.45, 7) is 4.51. The number of aromatic nitrogens is 1. The second kappa shape index (κ2) is 7.31. The van der Waals surface area contributed by atoms with E-state index in [0.29, 0.717) is 45.6 Å². The molecule has 1 heterocycles. The average molecular weight is 369 g/mol. The molecule has 2 aromatic rings. The molecule has 7 heteroatoms. The van der Waals surface area contributed by atoms with E-state index in [0.717, 1.165) is 0 Å². The molecule has 0 bridgehead atoms. The van der Waals surface area contributed by atoms with Crippen LogP contribution < -0.4 is 5.73 Å². The van der Waals surface area contributed by atoms with Crippen molar-refractivity contribution in [2.75, 3.05) is 18.9 Å². The number of halogens is 1. The van der Waals surface area contributed by atoms with Crippen molar-refractivity contribution in [1.82, 2.24) is 5.16 Å². The number of nitrogens with two attached hydrogens (primary N) is 1. The highest BCUT2D eigenvalue weighted by Gasteiger charge is 2.19. The molecule has 1 aromatic heterocycles. The maximum atomic E-state index is 11.7. The number of nitrogen functional groups attached to an aromatic ring is 1. The highest BCUT2D eigenvalue weighted by Crippen LogP contribution is 2.35. The second-order valence-electron chi connectivity index (χ2n) is 4.43. The number of hydrogen-bond donors (Lipinski definition) is 1. The fourth-order valence-electron chi connectivity index (χ4n) is 2.05. The zero-order valence-electron chi connectivity index (χ0n) is 12.4. The molecule has 0 atom stereocenters. The first-order valence-corrected chi connectivity index (χ1v) is 7.67. The summed E-state index contributed by atoms with van der Waals surface area (Å²) < 4.78 is 16.2. The highest BCUT2D eigenvalue weighted by atomic mass is 79.9. The van der Waals surface area contributed by atoms with E-state index in [-0.39, 0.29) is 12.4 Å². The molecule has 0 aliphatic rings. The predicted molar refractivity (Wildman–Crippen MR) is 87.1 cm³/mol. The number of carbonyl (C=O) groups excluding carboxylic acids is 1. The van der Waals surface area contributed by atoms with Crippen molar-refractivity contribution in [3.63, 3.8) is 0 Å². The summed E-state index contributed by atoms with van der Waals surface area (Å²) in [5.41, 5.74) is 8.31. The van der Waals surface area contributed by atoms with Crippen molar-refractivity contribution in [2.45, 2.75) is 20.3 Å². The van der Waals surface area contributed by atoms with E-state index >= 15 is 0 Å². The van der Waals surface area contributed by atoms with Gasteiger partial charge in [0.25, 0.3) is 0 Å². The molecule has 2 N–H and O–H groups in total. The SMILES string of the molecule is CCO/C=C/c1c(N)cc(Br)c2onc(CC(=O)OCC)c12. The fourth-order valence-corrected chi connectivity index (χ4v) is 2.57. The molecule has 0 radical (unpaired) electrons. The molecule has 0 saturated carbocycles. The average Bonchev–Trinajstić information content (AvgIpc) is 2.87. The van der Waals surface area contributed by atoms with Crippen LogP contribution in [0.2, 0.25) is 0 Å². The zero-order valence-corrected chi connectivity index (χ0v) is 14.0. The first kappa shape index (κ1) is 16.4. The van der Waals surface area contributed by atoms with Crippen LogP contribution in [0.25, 0.3) is 17.0 Å². The molecule has 6 nitrogen and oxygen atoms in total. The lowest BCUT2D eigenvalue weighted by molar-refractivity contribution is -0.142. The van der Waals surface area contributed by atoms with Gasteiger partial charge >= 0.3 is 5.97 Å². The number of carbonyl (C=O) groups is 1. The predicted octanol–water partition coefficient (Wildman–Crippen LogP) is 3.29. The molecule has 118 valence electrons. The van der Waals surface area contributed by atoms with Crippen molar-refractivity contribution in [3.05, 3.63) is 28.1 Å². The summed E-state index contributed by atoms with van der Waals surface area (Å²) in [4.78, 5) is 11.7. The summed E-state index contributed by atoms with van der Waals surface area (Å²) in [6, 6.07) is 1.73. The van der Waals surface area contributed by atoms with Crippen molar-refractivity contribution in [1.29, 1.82) is 0 Å². The number of hydrogen-bond acceptors (Lipinski definition) is 6. The Hall–Kier alpha value is -2.02. The number of fused-ring (bicyclic) bond motifs is 1. The topological polar surface area (TPSA) is 87.6 Å². The Morgan fingerprint density at radius 2 is 2.23 bits per heavy atom. The minimum Gasteiger partial charge on any atom is -0.501 e. The van der Waals surface area contributed by atoms with Gasteiger partial charge in [-0.15, -0.1) is 0 Å². The van der Waals surface area contributed by atoms with Crippen molar-refractivity contribution < 1.29 is 18.8 Å². The molecule has 0 saturated heterocycles. The smallest absolute Gasteiger partial charge is 0.312 e. The van der Waals surface area contributed by atoms with Crippen LogP contribution in [0.3, 0.4) is 0 Å². The van der Waals surface area contributed by atoms with Gasteiger partial charge < -0.3 is 19.7 Å². The van der Waals surface area contributed by atoms with E-state index in [4.69, 9.17) is 19.7 Å². The van der Waals surface area contributed by atoms with Crippen LogP contribution in [0, 0.1) is 0 Å².